The van der Waals surface area contributed by atoms with Crippen molar-refractivity contribution in [3.05, 3.63) is 60.1 Å². The predicted octanol–water partition coefficient (Wildman–Crippen LogP) is 4.95. The molecule has 134 valence electrons. The molecule has 3 rings (SSSR count). The fourth-order valence-electron chi connectivity index (χ4n) is 2.59. The third kappa shape index (κ3) is 3.91. The third-order valence-corrected chi connectivity index (χ3v) is 3.93. The lowest BCUT2D eigenvalue weighted by Gasteiger charge is -2.07. The highest BCUT2D eigenvalue weighted by Gasteiger charge is 2.22. The average Bonchev–Trinajstić information content (AvgIpc) is 3.00. The third-order valence-electron chi connectivity index (χ3n) is 3.93. The molecule has 3 aromatic rings. The Hall–Kier alpha value is -3.15. The quantitative estimate of drug-likeness (QED) is 0.658. The van der Waals surface area contributed by atoms with Crippen LogP contribution in [0.15, 0.2) is 52.9 Å². The van der Waals surface area contributed by atoms with Crippen molar-refractivity contribution in [3.63, 3.8) is 0 Å². The molecule has 0 unspecified atom stereocenters. The van der Waals surface area contributed by atoms with Gasteiger partial charge in [-0.1, -0.05) is 25.5 Å². The number of rotatable bonds is 6. The van der Waals surface area contributed by atoms with E-state index < -0.39 is 11.7 Å². The van der Waals surface area contributed by atoms with Crippen molar-refractivity contribution in [2.75, 3.05) is 10.6 Å². The van der Waals surface area contributed by atoms with Crippen molar-refractivity contribution in [3.8, 4) is 0 Å². The lowest BCUT2D eigenvalue weighted by atomic mass is 10.2. The van der Waals surface area contributed by atoms with Crippen LogP contribution in [0.1, 0.15) is 36.7 Å². The summed E-state index contributed by atoms with van der Waals surface area (Å²) in [6.45, 7) is 2.00. The fourth-order valence-corrected chi connectivity index (χ4v) is 2.59. The maximum atomic E-state index is 13.0. The minimum Gasteiger partial charge on any atom is -0.449 e. The number of halogens is 1. The van der Waals surface area contributed by atoms with Gasteiger partial charge >= 0.3 is 0 Å². The number of carbonyl (C=O) groups is 2. The van der Waals surface area contributed by atoms with Crippen LogP contribution in [0.5, 0.6) is 0 Å². The van der Waals surface area contributed by atoms with E-state index in [9.17, 15) is 14.0 Å². The summed E-state index contributed by atoms with van der Waals surface area (Å²) in [7, 11) is 0. The number of hydrogen-bond acceptors (Lipinski definition) is 3. The Morgan fingerprint density at radius 3 is 2.50 bits per heavy atom. The molecule has 2 amide bonds. The average molecular weight is 354 g/mol. The molecule has 0 bridgehead atoms. The summed E-state index contributed by atoms with van der Waals surface area (Å²) in [5.74, 6) is -1.07. The number of furan rings is 1. The minimum absolute atomic E-state index is 0.0142. The highest BCUT2D eigenvalue weighted by molar-refractivity contribution is 6.14. The van der Waals surface area contributed by atoms with Gasteiger partial charge in [0, 0.05) is 17.5 Å². The predicted molar refractivity (Wildman–Crippen MR) is 98.7 cm³/mol. The van der Waals surface area contributed by atoms with Crippen molar-refractivity contribution in [2.45, 2.75) is 26.2 Å². The van der Waals surface area contributed by atoms with Gasteiger partial charge in [-0.25, -0.2) is 4.39 Å². The van der Waals surface area contributed by atoms with Crippen LogP contribution >= 0.6 is 0 Å². The largest absolute Gasteiger partial charge is 0.449 e. The standard InChI is InChI=1S/C20H19FN2O3/c1-2-3-8-17(24)23-18-15-6-4-5-7-16(15)26-19(18)20(25)22-14-11-9-13(21)10-12-14/h4-7,9-12H,2-3,8H2,1H3,(H,22,25)(H,23,24). The zero-order chi connectivity index (χ0) is 18.5. The van der Waals surface area contributed by atoms with E-state index in [4.69, 9.17) is 4.42 Å². The van der Waals surface area contributed by atoms with E-state index in [0.29, 0.717) is 28.8 Å². The molecule has 0 atom stereocenters. The van der Waals surface area contributed by atoms with Gasteiger partial charge in [0.2, 0.25) is 11.7 Å². The Balaban J connectivity index is 1.90. The number of hydrogen-bond donors (Lipinski definition) is 2. The lowest BCUT2D eigenvalue weighted by Crippen LogP contribution is -2.16. The van der Waals surface area contributed by atoms with Crippen LogP contribution in [0.4, 0.5) is 15.8 Å². The normalized spacial score (nSPS) is 10.7. The number of anilines is 2. The second kappa shape index (κ2) is 7.82. The Labute approximate surface area is 150 Å². The topological polar surface area (TPSA) is 71.3 Å². The van der Waals surface area contributed by atoms with E-state index in [1.807, 2.05) is 6.92 Å². The van der Waals surface area contributed by atoms with E-state index >= 15 is 0 Å². The SMILES string of the molecule is CCCCC(=O)Nc1c(C(=O)Nc2ccc(F)cc2)oc2ccccc12. The van der Waals surface area contributed by atoms with Gasteiger partial charge in [-0.05, 0) is 42.8 Å². The van der Waals surface area contributed by atoms with Crippen molar-refractivity contribution in [1.82, 2.24) is 0 Å². The van der Waals surface area contributed by atoms with Crippen LogP contribution < -0.4 is 10.6 Å². The van der Waals surface area contributed by atoms with Crippen molar-refractivity contribution in [1.29, 1.82) is 0 Å². The van der Waals surface area contributed by atoms with Crippen LogP contribution in [-0.4, -0.2) is 11.8 Å². The molecule has 1 heterocycles. The molecule has 1 aromatic heterocycles. The van der Waals surface area contributed by atoms with Crippen molar-refractivity contribution in [2.24, 2.45) is 0 Å². The fraction of sp³-hybridized carbons (Fsp3) is 0.200. The molecule has 0 aliphatic heterocycles. The van der Waals surface area contributed by atoms with E-state index in [1.54, 1.807) is 24.3 Å². The number of fused-ring (bicyclic) bond motifs is 1. The van der Waals surface area contributed by atoms with Crippen molar-refractivity contribution < 1.29 is 18.4 Å². The number of benzene rings is 2. The summed E-state index contributed by atoms with van der Waals surface area (Å²) in [5.41, 5.74) is 1.28. The maximum absolute atomic E-state index is 13.0. The molecular weight excluding hydrogens is 335 g/mol. The molecular formula is C20H19FN2O3. The van der Waals surface area contributed by atoms with Crippen LogP contribution in [0, 0.1) is 5.82 Å². The smallest absolute Gasteiger partial charge is 0.293 e. The zero-order valence-corrected chi connectivity index (χ0v) is 14.3. The van der Waals surface area contributed by atoms with Crippen LogP contribution in [0.25, 0.3) is 11.0 Å². The molecule has 0 radical (unpaired) electrons. The number of unbranched alkanes of at least 4 members (excludes halogenated alkanes) is 1. The monoisotopic (exact) mass is 354 g/mol. The van der Waals surface area contributed by atoms with Gasteiger partial charge in [-0.15, -0.1) is 0 Å². The summed E-state index contributed by atoms with van der Waals surface area (Å²) < 4.78 is 18.7. The van der Waals surface area contributed by atoms with E-state index in [2.05, 4.69) is 10.6 Å². The molecule has 6 heteroatoms. The molecule has 5 nitrogen and oxygen atoms in total. The van der Waals surface area contributed by atoms with Crippen molar-refractivity contribution >= 4 is 34.2 Å². The molecule has 0 aliphatic rings. The van der Waals surface area contributed by atoms with Gasteiger partial charge in [0.15, 0.2) is 0 Å². The first-order chi connectivity index (χ1) is 12.6. The number of amides is 2. The summed E-state index contributed by atoms with van der Waals surface area (Å²) in [6.07, 6.45) is 2.03. The zero-order valence-electron chi connectivity index (χ0n) is 14.3. The molecule has 0 spiro atoms. The highest BCUT2D eigenvalue weighted by atomic mass is 19.1. The summed E-state index contributed by atoms with van der Waals surface area (Å²) >= 11 is 0. The number of nitrogens with one attached hydrogen (secondary N) is 2. The highest BCUT2D eigenvalue weighted by Crippen LogP contribution is 2.31. The minimum atomic E-state index is -0.515. The Kier molecular flexibility index (Phi) is 5.31. The first kappa shape index (κ1) is 17.7. The van der Waals surface area contributed by atoms with E-state index in [-0.39, 0.29) is 11.7 Å². The van der Waals surface area contributed by atoms with E-state index in [1.165, 1.54) is 24.3 Å². The molecule has 2 aromatic carbocycles. The molecule has 0 aliphatic carbocycles. The second-order valence-electron chi connectivity index (χ2n) is 5.92. The van der Waals surface area contributed by atoms with Gasteiger partial charge in [-0.2, -0.15) is 0 Å². The van der Waals surface area contributed by atoms with Crippen LogP contribution in [0.3, 0.4) is 0 Å². The summed E-state index contributed by atoms with van der Waals surface area (Å²) in [4.78, 5) is 24.8. The first-order valence-corrected chi connectivity index (χ1v) is 8.46. The molecule has 0 saturated carbocycles. The Bertz CT molecular complexity index is 932. The molecule has 0 fully saturated rings. The lowest BCUT2D eigenvalue weighted by molar-refractivity contribution is -0.116. The van der Waals surface area contributed by atoms with Gasteiger partial charge < -0.3 is 15.1 Å². The Morgan fingerprint density at radius 2 is 1.77 bits per heavy atom. The van der Waals surface area contributed by atoms with E-state index in [0.717, 1.165) is 12.8 Å². The van der Waals surface area contributed by atoms with Gasteiger partial charge in [0.25, 0.3) is 5.91 Å². The summed E-state index contributed by atoms with van der Waals surface area (Å²) in [5, 5.41) is 6.10. The first-order valence-electron chi connectivity index (χ1n) is 8.46. The van der Waals surface area contributed by atoms with Crippen LogP contribution in [0.2, 0.25) is 0 Å². The number of para-hydroxylation sites is 1. The van der Waals surface area contributed by atoms with Gasteiger partial charge in [0.05, 0.1) is 0 Å². The van der Waals surface area contributed by atoms with Gasteiger partial charge in [0.1, 0.15) is 17.1 Å². The van der Waals surface area contributed by atoms with Crippen LogP contribution in [-0.2, 0) is 4.79 Å². The maximum Gasteiger partial charge on any atom is 0.293 e. The molecule has 26 heavy (non-hydrogen) atoms. The molecule has 0 saturated heterocycles. The Morgan fingerprint density at radius 1 is 1.04 bits per heavy atom. The molecule has 2 N–H and O–H groups in total. The second-order valence-corrected chi connectivity index (χ2v) is 5.92. The summed E-state index contributed by atoms with van der Waals surface area (Å²) in [6, 6.07) is 12.5. The van der Waals surface area contributed by atoms with Gasteiger partial charge in [-0.3, -0.25) is 9.59 Å². The number of carbonyl (C=O) groups excluding carboxylic acids is 2.